The molecule has 1 aromatic carbocycles. The van der Waals surface area contributed by atoms with Gasteiger partial charge in [0.05, 0.1) is 0 Å². The minimum absolute atomic E-state index is 0.0277. The highest BCUT2D eigenvalue weighted by atomic mass is 16.2. The summed E-state index contributed by atoms with van der Waals surface area (Å²) in [6, 6.07) is 5.69. The van der Waals surface area contributed by atoms with Crippen LogP contribution in [-0.2, 0) is 0 Å². The van der Waals surface area contributed by atoms with Gasteiger partial charge in [0.25, 0.3) is 5.91 Å². The van der Waals surface area contributed by atoms with Gasteiger partial charge in [-0.05, 0) is 43.9 Å². The van der Waals surface area contributed by atoms with Crippen molar-refractivity contribution in [2.45, 2.75) is 32.2 Å². The summed E-state index contributed by atoms with van der Waals surface area (Å²) in [6.45, 7) is 4.68. The zero-order valence-electron chi connectivity index (χ0n) is 13.5. The molecule has 0 aliphatic carbocycles. The molecule has 2 aliphatic heterocycles. The van der Waals surface area contributed by atoms with E-state index in [9.17, 15) is 9.59 Å². The zero-order valence-corrected chi connectivity index (χ0v) is 13.5. The molecule has 2 aliphatic rings. The Hall–Kier alpha value is -2.08. The van der Waals surface area contributed by atoms with Gasteiger partial charge in [0.2, 0.25) is 0 Å². The minimum Gasteiger partial charge on any atom is -0.339 e. The van der Waals surface area contributed by atoms with Crippen molar-refractivity contribution < 1.29 is 9.59 Å². The van der Waals surface area contributed by atoms with Crippen LogP contribution in [0.2, 0.25) is 0 Å². The Morgan fingerprint density at radius 2 is 2.09 bits per heavy atom. The first-order valence-corrected chi connectivity index (χ1v) is 8.27. The lowest BCUT2D eigenvalue weighted by atomic mass is 10.1. The summed E-state index contributed by atoms with van der Waals surface area (Å²) in [5.74, 6) is 0.0277. The van der Waals surface area contributed by atoms with Crippen LogP contribution < -0.4 is 16.0 Å². The van der Waals surface area contributed by atoms with Crippen molar-refractivity contribution in [3.05, 3.63) is 29.3 Å². The Morgan fingerprint density at radius 1 is 1.26 bits per heavy atom. The molecule has 1 aromatic rings. The van der Waals surface area contributed by atoms with Crippen molar-refractivity contribution in [2.75, 3.05) is 31.1 Å². The van der Waals surface area contributed by atoms with Crippen LogP contribution in [-0.4, -0.2) is 49.1 Å². The third kappa shape index (κ3) is 3.32. The van der Waals surface area contributed by atoms with Crippen molar-refractivity contribution in [1.29, 1.82) is 0 Å². The maximum Gasteiger partial charge on any atom is 0.322 e. The molecule has 6 nitrogen and oxygen atoms in total. The SMILES string of the molecule is Cc1ccc(C(=O)N2CCCC(N)CC2)cc1N1CCNC1=O. The number of anilines is 1. The lowest BCUT2D eigenvalue weighted by Gasteiger charge is -2.22. The Balaban J connectivity index is 1.82. The number of rotatable bonds is 2. The zero-order chi connectivity index (χ0) is 16.4. The fraction of sp³-hybridized carbons (Fsp3) is 0.529. The number of nitrogens with one attached hydrogen (secondary N) is 1. The summed E-state index contributed by atoms with van der Waals surface area (Å²) in [5, 5.41) is 2.80. The molecule has 3 rings (SSSR count). The van der Waals surface area contributed by atoms with Gasteiger partial charge in [0.15, 0.2) is 0 Å². The van der Waals surface area contributed by atoms with Gasteiger partial charge >= 0.3 is 6.03 Å². The van der Waals surface area contributed by atoms with Gasteiger partial charge in [-0.1, -0.05) is 6.07 Å². The first-order valence-electron chi connectivity index (χ1n) is 8.27. The number of hydrogen-bond donors (Lipinski definition) is 2. The van der Waals surface area contributed by atoms with E-state index < -0.39 is 0 Å². The van der Waals surface area contributed by atoms with Crippen molar-refractivity contribution in [3.8, 4) is 0 Å². The van der Waals surface area contributed by atoms with Crippen LogP contribution in [0.3, 0.4) is 0 Å². The monoisotopic (exact) mass is 316 g/mol. The topological polar surface area (TPSA) is 78.7 Å². The molecule has 2 heterocycles. The van der Waals surface area contributed by atoms with E-state index in [0.717, 1.165) is 37.1 Å². The van der Waals surface area contributed by atoms with Gasteiger partial charge < -0.3 is 16.0 Å². The molecule has 6 heteroatoms. The minimum atomic E-state index is -0.0987. The average Bonchev–Trinajstić information content (AvgIpc) is 2.84. The second-order valence-corrected chi connectivity index (χ2v) is 6.37. The summed E-state index contributed by atoms with van der Waals surface area (Å²) in [5.41, 5.74) is 8.44. The highest BCUT2D eigenvalue weighted by Gasteiger charge is 2.25. The average molecular weight is 316 g/mol. The fourth-order valence-electron chi connectivity index (χ4n) is 3.24. The lowest BCUT2D eigenvalue weighted by molar-refractivity contribution is 0.0761. The normalized spacial score (nSPS) is 22.0. The van der Waals surface area contributed by atoms with Crippen LogP contribution in [0.1, 0.15) is 35.2 Å². The molecule has 0 bridgehead atoms. The van der Waals surface area contributed by atoms with E-state index in [1.807, 2.05) is 30.0 Å². The van der Waals surface area contributed by atoms with Crippen LogP contribution in [0.4, 0.5) is 10.5 Å². The van der Waals surface area contributed by atoms with Crippen LogP contribution in [0, 0.1) is 6.92 Å². The van der Waals surface area contributed by atoms with E-state index in [4.69, 9.17) is 5.73 Å². The molecular formula is C17H24N4O2. The Bertz CT molecular complexity index is 617. The van der Waals surface area contributed by atoms with E-state index in [1.165, 1.54) is 0 Å². The molecule has 1 unspecified atom stereocenters. The van der Waals surface area contributed by atoms with Crippen LogP contribution in [0.5, 0.6) is 0 Å². The number of urea groups is 1. The number of aryl methyl sites for hydroxylation is 1. The molecule has 3 N–H and O–H groups in total. The lowest BCUT2D eigenvalue weighted by Crippen LogP contribution is -2.33. The summed E-state index contributed by atoms with van der Waals surface area (Å²) >= 11 is 0. The largest absolute Gasteiger partial charge is 0.339 e. The van der Waals surface area contributed by atoms with Crippen LogP contribution in [0.25, 0.3) is 0 Å². The summed E-state index contributed by atoms with van der Waals surface area (Å²) in [6.07, 6.45) is 2.76. The second-order valence-electron chi connectivity index (χ2n) is 6.37. The molecule has 1 atom stereocenters. The van der Waals surface area contributed by atoms with Crippen molar-refractivity contribution in [3.63, 3.8) is 0 Å². The maximum atomic E-state index is 12.8. The van der Waals surface area contributed by atoms with E-state index in [0.29, 0.717) is 25.2 Å². The number of carbonyl (C=O) groups is 2. The highest BCUT2D eigenvalue weighted by Crippen LogP contribution is 2.24. The van der Waals surface area contributed by atoms with Gasteiger partial charge in [0.1, 0.15) is 0 Å². The molecular weight excluding hydrogens is 292 g/mol. The van der Waals surface area contributed by atoms with Gasteiger partial charge in [0, 0.05) is 43.5 Å². The summed E-state index contributed by atoms with van der Waals surface area (Å²) in [4.78, 5) is 28.3. The predicted octanol–water partition coefficient (Wildman–Crippen LogP) is 1.48. The molecule has 124 valence electrons. The predicted molar refractivity (Wildman–Crippen MR) is 89.7 cm³/mol. The van der Waals surface area contributed by atoms with E-state index in [1.54, 1.807) is 4.90 Å². The second kappa shape index (κ2) is 6.58. The van der Waals surface area contributed by atoms with E-state index in [-0.39, 0.29) is 18.0 Å². The third-order valence-electron chi connectivity index (χ3n) is 4.66. The Morgan fingerprint density at radius 3 is 2.83 bits per heavy atom. The molecule has 2 fully saturated rings. The standard InChI is InChI=1S/C17H24N4O2/c1-12-4-5-13(11-15(12)21-10-7-19-17(21)23)16(22)20-8-2-3-14(18)6-9-20/h4-5,11,14H,2-3,6-10,18H2,1H3,(H,19,23). The Labute approximate surface area is 136 Å². The molecule has 0 radical (unpaired) electrons. The quantitative estimate of drug-likeness (QED) is 0.867. The number of nitrogens with two attached hydrogens (primary N) is 1. The molecule has 3 amide bonds. The van der Waals surface area contributed by atoms with Crippen LogP contribution in [0.15, 0.2) is 18.2 Å². The smallest absolute Gasteiger partial charge is 0.322 e. The number of nitrogens with zero attached hydrogens (tertiary/aromatic N) is 2. The van der Waals surface area contributed by atoms with Crippen molar-refractivity contribution >= 4 is 17.6 Å². The highest BCUT2D eigenvalue weighted by molar-refractivity contribution is 5.99. The van der Waals surface area contributed by atoms with Crippen LogP contribution >= 0.6 is 0 Å². The molecule has 0 aromatic heterocycles. The molecule has 23 heavy (non-hydrogen) atoms. The van der Waals surface area contributed by atoms with E-state index in [2.05, 4.69) is 5.32 Å². The van der Waals surface area contributed by atoms with Gasteiger partial charge in [-0.25, -0.2) is 4.79 Å². The van der Waals surface area contributed by atoms with Gasteiger partial charge in [-0.2, -0.15) is 0 Å². The number of benzene rings is 1. The fourth-order valence-corrected chi connectivity index (χ4v) is 3.24. The first-order chi connectivity index (χ1) is 11.1. The Kier molecular flexibility index (Phi) is 4.52. The van der Waals surface area contributed by atoms with Gasteiger partial charge in [-0.15, -0.1) is 0 Å². The summed E-state index contributed by atoms with van der Waals surface area (Å²) < 4.78 is 0. The first kappa shape index (κ1) is 15.8. The van der Waals surface area contributed by atoms with Gasteiger partial charge in [-0.3, -0.25) is 9.69 Å². The van der Waals surface area contributed by atoms with Crippen molar-refractivity contribution in [2.24, 2.45) is 5.73 Å². The summed E-state index contributed by atoms with van der Waals surface area (Å²) in [7, 11) is 0. The van der Waals surface area contributed by atoms with E-state index >= 15 is 0 Å². The number of hydrogen-bond acceptors (Lipinski definition) is 3. The molecule has 0 saturated carbocycles. The molecule has 2 saturated heterocycles. The number of likely N-dealkylation sites (tertiary alicyclic amines) is 1. The maximum absolute atomic E-state index is 12.8. The van der Waals surface area contributed by atoms with Crippen molar-refractivity contribution in [1.82, 2.24) is 10.2 Å². The number of amides is 3. The number of carbonyl (C=O) groups excluding carboxylic acids is 2. The molecule has 0 spiro atoms. The third-order valence-corrected chi connectivity index (χ3v) is 4.66.